The van der Waals surface area contributed by atoms with E-state index in [1.807, 2.05) is 17.9 Å². The van der Waals surface area contributed by atoms with Gasteiger partial charge in [0.05, 0.1) is 6.54 Å². The number of sulfonamides is 1. The number of nitrogens with one attached hydrogen (secondary N) is 1. The first-order chi connectivity index (χ1) is 12.9. The molecular formula is C18H26N4O4S. The summed E-state index contributed by atoms with van der Waals surface area (Å²) in [5, 5.41) is 2.21. The maximum atomic E-state index is 12.8. The van der Waals surface area contributed by atoms with Gasteiger partial charge >= 0.3 is 0 Å². The van der Waals surface area contributed by atoms with Gasteiger partial charge in [-0.15, -0.1) is 0 Å². The molecule has 2 aliphatic rings. The number of carbonyl (C=O) groups is 2. The van der Waals surface area contributed by atoms with Crippen LogP contribution < -0.4 is 5.32 Å². The van der Waals surface area contributed by atoms with Crippen LogP contribution in [0.4, 0.5) is 0 Å². The zero-order valence-corrected chi connectivity index (χ0v) is 16.3. The Morgan fingerprint density at radius 1 is 1.07 bits per heavy atom. The van der Waals surface area contributed by atoms with Crippen LogP contribution >= 0.6 is 0 Å². The fourth-order valence-corrected chi connectivity index (χ4v) is 5.20. The quantitative estimate of drug-likeness (QED) is 0.709. The van der Waals surface area contributed by atoms with Gasteiger partial charge in [0.1, 0.15) is 5.25 Å². The molecule has 0 atom stereocenters. The summed E-state index contributed by atoms with van der Waals surface area (Å²) in [6, 6.07) is 8.89. The highest BCUT2D eigenvalue weighted by molar-refractivity contribution is 7.89. The molecule has 148 valence electrons. The highest BCUT2D eigenvalue weighted by Gasteiger charge is 2.43. The number of hydrogen-bond donors (Lipinski definition) is 1. The van der Waals surface area contributed by atoms with Crippen LogP contribution in [0.15, 0.2) is 30.3 Å². The molecule has 0 spiro atoms. The molecule has 0 unspecified atom stereocenters. The number of amides is 2. The third-order valence-corrected chi connectivity index (χ3v) is 7.24. The third-order valence-electron chi connectivity index (χ3n) is 5.01. The standard InChI is InChI=1S/C18H26N4O4S/c1-2-19-17(23)14-20-8-10-22(11-9-20)27(25,26)16-12-21(13-16)18(24)15-6-4-3-5-7-15/h3-7,16H,2,8-14H2,1H3,(H,19,23). The minimum atomic E-state index is -3.42. The molecule has 27 heavy (non-hydrogen) atoms. The van der Waals surface area contributed by atoms with Gasteiger partial charge in [0.2, 0.25) is 15.9 Å². The van der Waals surface area contributed by atoms with Crippen LogP contribution in [0.3, 0.4) is 0 Å². The van der Waals surface area contributed by atoms with E-state index < -0.39 is 15.3 Å². The van der Waals surface area contributed by atoms with Gasteiger partial charge < -0.3 is 10.2 Å². The number of benzene rings is 1. The number of likely N-dealkylation sites (tertiary alicyclic amines) is 1. The monoisotopic (exact) mass is 394 g/mol. The van der Waals surface area contributed by atoms with Crippen LogP contribution in [0.25, 0.3) is 0 Å². The number of nitrogens with zero attached hydrogens (tertiary/aromatic N) is 3. The van der Waals surface area contributed by atoms with Crippen LogP contribution in [0, 0.1) is 0 Å². The number of likely N-dealkylation sites (N-methyl/N-ethyl adjacent to an activating group) is 1. The summed E-state index contributed by atoms with van der Waals surface area (Å²) >= 11 is 0. The molecule has 1 aromatic rings. The third kappa shape index (κ3) is 4.48. The number of piperazine rings is 1. The second kappa shape index (κ2) is 8.37. The van der Waals surface area contributed by atoms with E-state index in [4.69, 9.17) is 0 Å². The molecule has 0 radical (unpaired) electrons. The Bertz CT molecular complexity index is 770. The SMILES string of the molecule is CCNC(=O)CN1CCN(S(=O)(=O)C2CN(C(=O)c3ccccc3)C2)CC1. The van der Waals surface area contributed by atoms with Gasteiger partial charge in [0.25, 0.3) is 5.91 Å². The van der Waals surface area contributed by atoms with E-state index in [9.17, 15) is 18.0 Å². The van der Waals surface area contributed by atoms with Gasteiger partial charge in [-0.1, -0.05) is 18.2 Å². The summed E-state index contributed by atoms with van der Waals surface area (Å²) < 4.78 is 27.1. The second-order valence-corrected chi connectivity index (χ2v) is 9.08. The van der Waals surface area contributed by atoms with Crippen molar-refractivity contribution in [3.05, 3.63) is 35.9 Å². The Balaban J connectivity index is 1.49. The second-order valence-electron chi connectivity index (χ2n) is 6.87. The van der Waals surface area contributed by atoms with Crippen molar-refractivity contribution in [3.8, 4) is 0 Å². The van der Waals surface area contributed by atoms with Crippen molar-refractivity contribution in [2.24, 2.45) is 0 Å². The van der Waals surface area contributed by atoms with Gasteiger partial charge in [-0.25, -0.2) is 8.42 Å². The van der Waals surface area contributed by atoms with Gasteiger partial charge in [-0.05, 0) is 19.1 Å². The van der Waals surface area contributed by atoms with Crippen LogP contribution in [0.2, 0.25) is 0 Å². The van der Waals surface area contributed by atoms with E-state index in [0.29, 0.717) is 44.8 Å². The fraction of sp³-hybridized carbons (Fsp3) is 0.556. The molecule has 3 rings (SSSR count). The van der Waals surface area contributed by atoms with Crippen LogP contribution in [0.1, 0.15) is 17.3 Å². The maximum Gasteiger partial charge on any atom is 0.253 e. The number of rotatable bonds is 6. The Morgan fingerprint density at radius 2 is 1.70 bits per heavy atom. The molecule has 0 aromatic heterocycles. The molecular weight excluding hydrogens is 368 g/mol. The van der Waals surface area contributed by atoms with Crippen LogP contribution in [-0.4, -0.2) is 91.9 Å². The summed E-state index contributed by atoms with van der Waals surface area (Å²) in [6.07, 6.45) is 0. The molecule has 0 aliphatic carbocycles. The molecule has 2 fully saturated rings. The van der Waals surface area contributed by atoms with Gasteiger partial charge in [0.15, 0.2) is 0 Å². The summed E-state index contributed by atoms with van der Waals surface area (Å²) in [6.45, 7) is 5.05. The Hall–Kier alpha value is -1.97. The lowest BCUT2D eigenvalue weighted by Crippen LogP contribution is -2.62. The van der Waals surface area contributed by atoms with E-state index in [0.717, 1.165) is 0 Å². The van der Waals surface area contributed by atoms with Crippen molar-refractivity contribution >= 4 is 21.8 Å². The molecule has 1 N–H and O–H groups in total. The van der Waals surface area contributed by atoms with E-state index in [1.54, 1.807) is 29.2 Å². The lowest BCUT2D eigenvalue weighted by molar-refractivity contribution is -0.122. The average molecular weight is 394 g/mol. The first kappa shape index (κ1) is 19.8. The summed E-state index contributed by atoms with van der Waals surface area (Å²) in [5.74, 6) is -0.170. The van der Waals surface area contributed by atoms with E-state index in [1.165, 1.54) is 4.31 Å². The molecule has 0 bridgehead atoms. The van der Waals surface area contributed by atoms with Gasteiger partial charge in [-0.2, -0.15) is 4.31 Å². The molecule has 8 nitrogen and oxygen atoms in total. The summed E-state index contributed by atoms with van der Waals surface area (Å²) in [4.78, 5) is 27.5. The number of carbonyl (C=O) groups excluding carboxylic acids is 2. The van der Waals surface area contributed by atoms with Crippen molar-refractivity contribution in [1.82, 2.24) is 19.4 Å². The van der Waals surface area contributed by atoms with Crippen LogP contribution in [0.5, 0.6) is 0 Å². The molecule has 2 saturated heterocycles. The van der Waals surface area contributed by atoms with Crippen molar-refractivity contribution < 1.29 is 18.0 Å². The van der Waals surface area contributed by atoms with Crippen molar-refractivity contribution in [3.63, 3.8) is 0 Å². The lowest BCUT2D eigenvalue weighted by atomic mass is 10.1. The summed E-state index contributed by atoms with van der Waals surface area (Å²) in [5.41, 5.74) is 0.576. The van der Waals surface area contributed by atoms with Crippen molar-refractivity contribution in [2.75, 3.05) is 52.4 Å². The molecule has 0 saturated carbocycles. The topological polar surface area (TPSA) is 90.0 Å². The molecule has 2 aliphatic heterocycles. The minimum Gasteiger partial charge on any atom is -0.355 e. The molecule has 9 heteroatoms. The smallest absolute Gasteiger partial charge is 0.253 e. The van der Waals surface area contributed by atoms with Gasteiger partial charge in [0, 0.05) is 51.4 Å². The minimum absolute atomic E-state index is 0.0390. The molecule has 1 aromatic carbocycles. The predicted octanol–water partition coefficient (Wildman–Crippen LogP) is -0.405. The predicted molar refractivity (Wildman–Crippen MR) is 102 cm³/mol. The Kier molecular flexibility index (Phi) is 6.13. The normalized spacial score (nSPS) is 19.5. The van der Waals surface area contributed by atoms with E-state index in [2.05, 4.69) is 5.32 Å². The highest BCUT2D eigenvalue weighted by atomic mass is 32.2. The maximum absolute atomic E-state index is 12.8. The first-order valence-corrected chi connectivity index (χ1v) is 10.7. The Morgan fingerprint density at radius 3 is 2.30 bits per heavy atom. The number of hydrogen-bond acceptors (Lipinski definition) is 5. The zero-order chi connectivity index (χ0) is 19.4. The van der Waals surface area contributed by atoms with Gasteiger partial charge in [-0.3, -0.25) is 14.5 Å². The van der Waals surface area contributed by atoms with Crippen LogP contribution in [-0.2, 0) is 14.8 Å². The van der Waals surface area contributed by atoms with Crippen molar-refractivity contribution in [2.45, 2.75) is 12.2 Å². The molecule has 2 heterocycles. The average Bonchev–Trinajstić information content (AvgIpc) is 2.61. The Labute approximate surface area is 160 Å². The molecule has 2 amide bonds. The van der Waals surface area contributed by atoms with E-state index >= 15 is 0 Å². The lowest BCUT2D eigenvalue weighted by Gasteiger charge is -2.42. The fourth-order valence-electron chi connectivity index (χ4n) is 3.36. The van der Waals surface area contributed by atoms with E-state index in [-0.39, 0.29) is 24.9 Å². The zero-order valence-electron chi connectivity index (χ0n) is 15.5. The largest absolute Gasteiger partial charge is 0.355 e. The van der Waals surface area contributed by atoms with Crippen molar-refractivity contribution in [1.29, 1.82) is 0 Å². The highest BCUT2D eigenvalue weighted by Crippen LogP contribution is 2.23. The first-order valence-electron chi connectivity index (χ1n) is 9.24. The summed E-state index contributed by atoms with van der Waals surface area (Å²) in [7, 11) is -3.42.